The molecule has 2 aliphatic heterocycles. The van der Waals surface area contributed by atoms with E-state index in [0.717, 1.165) is 31.6 Å². The molecule has 11 heteroatoms. The van der Waals surface area contributed by atoms with E-state index in [1.165, 1.54) is 4.57 Å². The summed E-state index contributed by atoms with van der Waals surface area (Å²) in [6.45, 7) is 2.84. The lowest BCUT2D eigenvalue weighted by Crippen LogP contribution is -2.45. The summed E-state index contributed by atoms with van der Waals surface area (Å²) in [6.07, 6.45) is -2.68. The fourth-order valence-electron chi connectivity index (χ4n) is 5.56. The number of hydrogen-bond donors (Lipinski definition) is 3. The van der Waals surface area contributed by atoms with Crippen molar-refractivity contribution in [2.75, 3.05) is 63.7 Å². The van der Waals surface area contributed by atoms with Crippen LogP contribution in [0.2, 0.25) is 0 Å². The highest BCUT2D eigenvalue weighted by Gasteiger charge is 2.31. The number of halogens is 3. The van der Waals surface area contributed by atoms with Gasteiger partial charge in [0.15, 0.2) is 0 Å². The van der Waals surface area contributed by atoms with Gasteiger partial charge >= 0.3 is 6.18 Å². The summed E-state index contributed by atoms with van der Waals surface area (Å²) in [5.74, 6) is 2.92. The predicted octanol–water partition coefficient (Wildman–Crippen LogP) is 4.52. The number of fused-ring (bicyclic) bond motifs is 4. The Bertz CT molecular complexity index is 1450. The second-order valence-electron chi connectivity index (χ2n) is 10.8. The third-order valence-electron chi connectivity index (χ3n) is 7.62. The average Bonchev–Trinajstić information content (AvgIpc) is 3.29. The fraction of sp³-hybridized carbons (Fsp3) is 0.452. The molecule has 0 aliphatic carbocycles. The van der Waals surface area contributed by atoms with Crippen LogP contribution in [-0.2, 0) is 16.0 Å². The van der Waals surface area contributed by atoms with Gasteiger partial charge in [-0.15, -0.1) is 0 Å². The molecule has 2 aliphatic rings. The van der Waals surface area contributed by atoms with E-state index in [9.17, 15) is 18.0 Å². The van der Waals surface area contributed by atoms with Crippen LogP contribution >= 0.6 is 0 Å². The number of hydrogen-bond acceptors (Lipinski definition) is 6. The zero-order valence-corrected chi connectivity index (χ0v) is 23.6. The topological polar surface area (TPSA) is 79.8 Å². The van der Waals surface area contributed by atoms with Crippen molar-refractivity contribution in [1.29, 1.82) is 0 Å². The molecule has 42 heavy (non-hydrogen) atoms. The Morgan fingerprint density at radius 2 is 1.83 bits per heavy atom. The molecular formula is C31H36F3N5O3. The molecule has 3 aromatic rings. The second-order valence-corrected chi connectivity index (χ2v) is 10.8. The number of amides is 1. The van der Waals surface area contributed by atoms with Gasteiger partial charge in [0.1, 0.15) is 6.54 Å². The third-order valence-corrected chi connectivity index (χ3v) is 7.62. The molecule has 0 radical (unpaired) electrons. The molecular weight excluding hydrogens is 547 g/mol. The van der Waals surface area contributed by atoms with Crippen molar-refractivity contribution in [3.63, 3.8) is 0 Å². The molecule has 1 fully saturated rings. The number of carbonyl (C=O) groups is 1. The van der Waals surface area contributed by atoms with Crippen molar-refractivity contribution in [3.8, 4) is 12.0 Å². The van der Waals surface area contributed by atoms with Gasteiger partial charge < -0.3 is 34.9 Å². The summed E-state index contributed by atoms with van der Waals surface area (Å²) in [5, 5.41) is 10.1. The highest BCUT2D eigenvalue weighted by molar-refractivity contribution is 5.95. The summed E-state index contributed by atoms with van der Waals surface area (Å²) in [5.41, 5.74) is 2.47. The van der Waals surface area contributed by atoms with E-state index in [1.54, 1.807) is 42.5 Å². The molecule has 3 N–H and O–H groups in total. The maximum atomic E-state index is 13.7. The van der Waals surface area contributed by atoms with Crippen molar-refractivity contribution < 1.29 is 27.4 Å². The van der Waals surface area contributed by atoms with Gasteiger partial charge in [0.2, 0.25) is 0 Å². The Morgan fingerprint density at radius 3 is 2.67 bits per heavy atom. The maximum Gasteiger partial charge on any atom is 0.406 e. The molecule has 2 atom stereocenters. The molecule has 3 heterocycles. The molecule has 2 aromatic carbocycles. The number of likely N-dealkylation sites (tertiary alicyclic amines) is 1. The van der Waals surface area contributed by atoms with Crippen molar-refractivity contribution in [3.05, 3.63) is 59.8 Å². The second kappa shape index (κ2) is 13.5. The SMILES string of the molecule is CN1CCC2Nc3cccc4c3cc(n4CC(F)(F)F)C#CNc3cccc(c3)C(=O)NCCOCCOCCC2C1. The van der Waals surface area contributed by atoms with Crippen LogP contribution in [0.1, 0.15) is 28.9 Å². The van der Waals surface area contributed by atoms with Crippen LogP contribution in [0.5, 0.6) is 0 Å². The van der Waals surface area contributed by atoms with E-state index in [-0.39, 0.29) is 17.6 Å². The van der Waals surface area contributed by atoms with Gasteiger partial charge in [0.05, 0.1) is 31.0 Å². The van der Waals surface area contributed by atoms with Gasteiger partial charge in [0, 0.05) is 54.1 Å². The fourth-order valence-corrected chi connectivity index (χ4v) is 5.56. The Morgan fingerprint density at radius 1 is 1.02 bits per heavy atom. The summed E-state index contributed by atoms with van der Waals surface area (Å²) in [7, 11) is 2.10. The van der Waals surface area contributed by atoms with E-state index < -0.39 is 12.7 Å². The average molecular weight is 584 g/mol. The van der Waals surface area contributed by atoms with Crippen LogP contribution in [0.25, 0.3) is 10.9 Å². The molecule has 224 valence electrons. The Balaban J connectivity index is 1.48. The summed E-state index contributed by atoms with van der Waals surface area (Å²) < 4.78 is 53.7. The largest absolute Gasteiger partial charge is 0.406 e. The summed E-state index contributed by atoms with van der Waals surface area (Å²) in [4.78, 5) is 14.9. The smallest absolute Gasteiger partial charge is 0.381 e. The number of rotatable bonds is 1. The van der Waals surface area contributed by atoms with Crippen LogP contribution < -0.4 is 16.0 Å². The molecule has 0 saturated carbocycles. The molecule has 1 saturated heterocycles. The van der Waals surface area contributed by atoms with Gasteiger partial charge in [-0.1, -0.05) is 12.1 Å². The van der Waals surface area contributed by atoms with Gasteiger partial charge in [-0.25, -0.2) is 0 Å². The number of piperidine rings is 1. The Hall–Kier alpha value is -3.72. The first-order valence-electron chi connectivity index (χ1n) is 14.2. The normalized spacial score (nSPS) is 21.4. The van der Waals surface area contributed by atoms with Gasteiger partial charge in [-0.3, -0.25) is 4.79 Å². The van der Waals surface area contributed by atoms with Crippen LogP contribution in [0.3, 0.4) is 0 Å². The van der Waals surface area contributed by atoms with Crippen LogP contribution in [0.15, 0.2) is 48.5 Å². The maximum absolute atomic E-state index is 13.7. The molecule has 8 nitrogen and oxygen atoms in total. The molecule has 2 unspecified atom stereocenters. The number of ether oxygens (including phenoxy) is 2. The summed E-state index contributed by atoms with van der Waals surface area (Å²) in [6, 6.07) is 16.8. The lowest BCUT2D eigenvalue weighted by Gasteiger charge is -2.38. The van der Waals surface area contributed by atoms with E-state index in [1.807, 2.05) is 6.07 Å². The highest BCUT2D eigenvalue weighted by Crippen LogP contribution is 2.32. The first kappa shape index (κ1) is 29.8. The monoisotopic (exact) mass is 583 g/mol. The minimum Gasteiger partial charge on any atom is -0.381 e. The minimum atomic E-state index is -4.42. The van der Waals surface area contributed by atoms with Crippen LogP contribution in [0.4, 0.5) is 24.5 Å². The molecule has 4 bridgehead atoms. The number of carbonyl (C=O) groups excluding carboxylic acids is 1. The number of aromatic nitrogens is 1. The first-order chi connectivity index (χ1) is 20.3. The molecule has 1 amide bonds. The van der Waals surface area contributed by atoms with E-state index in [4.69, 9.17) is 9.47 Å². The Labute approximate surface area is 243 Å². The van der Waals surface area contributed by atoms with Crippen molar-refractivity contribution in [2.24, 2.45) is 5.92 Å². The van der Waals surface area contributed by atoms with E-state index >= 15 is 0 Å². The van der Waals surface area contributed by atoms with Crippen molar-refractivity contribution in [2.45, 2.75) is 31.6 Å². The minimum absolute atomic E-state index is 0.145. The van der Waals surface area contributed by atoms with Gasteiger partial charge in [-0.2, -0.15) is 13.2 Å². The number of nitrogens with zero attached hydrogens (tertiary/aromatic N) is 2. The molecule has 5 rings (SSSR count). The molecule has 1 aromatic heterocycles. The number of benzene rings is 2. The zero-order chi connectivity index (χ0) is 29.5. The van der Waals surface area contributed by atoms with Crippen molar-refractivity contribution >= 4 is 28.2 Å². The number of anilines is 2. The first-order valence-corrected chi connectivity index (χ1v) is 14.2. The third kappa shape index (κ3) is 7.76. The standard InChI is InChI=1S/C31H36F3N5O3/c1-38-13-9-27-23(20-38)10-14-41-16-17-42-15-12-36-30(40)22-4-2-5-24(18-22)35-11-8-25-19-26-28(37-27)6-3-7-29(26)39(25)21-31(32,33)34/h2-7,18-19,23,27,35,37H,9-10,12-17,20-21H2,1H3,(H,36,40). The number of nitrogens with one attached hydrogen (secondary N) is 3. The predicted molar refractivity (Wildman–Crippen MR) is 157 cm³/mol. The zero-order valence-electron chi connectivity index (χ0n) is 23.6. The van der Waals surface area contributed by atoms with E-state index in [2.05, 4.69) is 39.9 Å². The number of alkyl halides is 3. The van der Waals surface area contributed by atoms with E-state index in [0.29, 0.717) is 61.0 Å². The van der Waals surface area contributed by atoms with Gasteiger partial charge in [0.25, 0.3) is 5.91 Å². The van der Waals surface area contributed by atoms with Crippen molar-refractivity contribution in [1.82, 2.24) is 14.8 Å². The van der Waals surface area contributed by atoms with Crippen LogP contribution in [0, 0.1) is 17.9 Å². The quantitative estimate of drug-likeness (QED) is 0.366. The lowest BCUT2D eigenvalue weighted by molar-refractivity contribution is -0.140. The lowest BCUT2D eigenvalue weighted by atomic mass is 9.89. The van der Waals surface area contributed by atoms with Crippen LogP contribution in [-0.4, -0.2) is 80.7 Å². The summed E-state index contributed by atoms with van der Waals surface area (Å²) >= 11 is 0. The highest BCUT2D eigenvalue weighted by atomic mass is 19.4. The van der Waals surface area contributed by atoms with Gasteiger partial charge in [-0.05, 0) is 74.7 Å². The Kier molecular flexibility index (Phi) is 9.57. The molecule has 0 spiro atoms.